The van der Waals surface area contributed by atoms with Gasteiger partial charge in [-0.3, -0.25) is 4.79 Å². The maximum atomic E-state index is 13.3. The summed E-state index contributed by atoms with van der Waals surface area (Å²) in [6.07, 6.45) is 2.98. The lowest BCUT2D eigenvalue weighted by Gasteiger charge is -2.12. The van der Waals surface area contributed by atoms with Gasteiger partial charge in [-0.1, -0.05) is 18.2 Å². The number of nitrogens with zero attached hydrogens (tertiary/aromatic N) is 1. The molecule has 1 fully saturated rings. The molecule has 1 amide bonds. The first-order chi connectivity index (χ1) is 8.16. The SMILES string of the molecule is O=C(C=Cc1ccccc1F)N1CC[C@@H](O)C1. The van der Waals surface area contributed by atoms with E-state index in [-0.39, 0.29) is 11.7 Å². The van der Waals surface area contributed by atoms with Crippen LogP contribution in [-0.2, 0) is 4.79 Å². The van der Waals surface area contributed by atoms with Crippen molar-refractivity contribution in [3.05, 3.63) is 41.7 Å². The second-order valence-corrected chi connectivity index (χ2v) is 4.08. The van der Waals surface area contributed by atoms with Gasteiger partial charge in [-0.05, 0) is 18.6 Å². The van der Waals surface area contributed by atoms with Gasteiger partial charge in [0.2, 0.25) is 5.91 Å². The van der Waals surface area contributed by atoms with Gasteiger partial charge in [-0.15, -0.1) is 0 Å². The molecule has 1 N–H and O–H groups in total. The topological polar surface area (TPSA) is 40.5 Å². The molecule has 1 aliphatic rings. The number of hydrogen-bond acceptors (Lipinski definition) is 2. The van der Waals surface area contributed by atoms with Gasteiger partial charge in [0.25, 0.3) is 0 Å². The van der Waals surface area contributed by atoms with Crippen molar-refractivity contribution in [1.29, 1.82) is 0 Å². The zero-order valence-corrected chi connectivity index (χ0v) is 9.34. The standard InChI is InChI=1S/C13H14FNO2/c14-12-4-2-1-3-10(12)5-6-13(17)15-8-7-11(16)9-15/h1-6,11,16H,7-9H2/t11-/m1/s1. The van der Waals surface area contributed by atoms with Crippen LogP contribution in [0.3, 0.4) is 0 Å². The minimum absolute atomic E-state index is 0.190. The van der Waals surface area contributed by atoms with Crippen LogP contribution in [0.1, 0.15) is 12.0 Å². The molecule has 1 aromatic rings. The highest BCUT2D eigenvalue weighted by molar-refractivity contribution is 5.92. The smallest absolute Gasteiger partial charge is 0.246 e. The van der Waals surface area contributed by atoms with Crippen LogP contribution in [0.15, 0.2) is 30.3 Å². The van der Waals surface area contributed by atoms with Crippen LogP contribution < -0.4 is 0 Å². The van der Waals surface area contributed by atoms with E-state index < -0.39 is 6.10 Å². The Hall–Kier alpha value is -1.68. The third kappa shape index (κ3) is 2.91. The number of aliphatic hydroxyl groups is 1. The molecule has 0 unspecified atom stereocenters. The van der Waals surface area contributed by atoms with Crippen molar-refractivity contribution in [3.8, 4) is 0 Å². The number of carbonyl (C=O) groups excluding carboxylic acids is 1. The van der Waals surface area contributed by atoms with Crippen LogP contribution in [0.4, 0.5) is 4.39 Å². The molecule has 1 aliphatic heterocycles. The highest BCUT2D eigenvalue weighted by Gasteiger charge is 2.22. The summed E-state index contributed by atoms with van der Waals surface area (Å²) in [5.41, 5.74) is 0.389. The minimum atomic E-state index is -0.430. The van der Waals surface area contributed by atoms with E-state index in [2.05, 4.69) is 0 Å². The Bertz CT molecular complexity index is 445. The summed E-state index contributed by atoms with van der Waals surface area (Å²) in [7, 11) is 0. The van der Waals surface area contributed by atoms with Gasteiger partial charge in [0.05, 0.1) is 6.10 Å². The number of hydrogen-bond donors (Lipinski definition) is 1. The molecule has 4 heteroatoms. The molecule has 0 saturated carbocycles. The third-order valence-electron chi connectivity index (χ3n) is 2.79. The fraction of sp³-hybridized carbons (Fsp3) is 0.308. The van der Waals surface area contributed by atoms with Crippen LogP contribution in [-0.4, -0.2) is 35.1 Å². The third-order valence-corrected chi connectivity index (χ3v) is 2.79. The molecular formula is C13H14FNO2. The number of benzene rings is 1. The monoisotopic (exact) mass is 235 g/mol. The Balaban J connectivity index is 2.01. The lowest BCUT2D eigenvalue weighted by atomic mass is 10.2. The van der Waals surface area contributed by atoms with Crippen molar-refractivity contribution in [2.24, 2.45) is 0 Å². The van der Waals surface area contributed by atoms with Crippen molar-refractivity contribution in [1.82, 2.24) is 4.90 Å². The zero-order valence-electron chi connectivity index (χ0n) is 9.34. The Kier molecular flexibility index (Phi) is 3.54. The lowest BCUT2D eigenvalue weighted by Crippen LogP contribution is -2.27. The van der Waals surface area contributed by atoms with Crippen LogP contribution in [0, 0.1) is 5.82 Å². The molecule has 0 spiro atoms. The van der Waals surface area contributed by atoms with E-state index in [4.69, 9.17) is 0 Å². The number of amides is 1. The van der Waals surface area contributed by atoms with E-state index in [1.165, 1.54) is 18.2 Å². The van der Waals surface area contributed by atoms with Gasteiger partial charge in [-0.25, -0.2) is 4.39 Å². The average molecular weight is 235 g/mol. The average Bonchev–Trinajstić information content (AvgIpc) is 2.74. The minimum Gasteiger partial charge on any atom is -0.391 e. The van der Waals surface area contributed by atoms with Crippen LogP contribution in [0.25, 0.3) is 6.08 Å². The molecule has 1 aromatic carbocycles. The summed E-state index contributed by atoms with van der Waals surface area (Å²) >= 11 is 0. The fourth-order valence-electron chi connectivity index (χ4n) is 1.82. The molecule has 90 valence electrons. The predicted octanol–water partition coefficient (Wildman–Crippen LogP) is 1.43. The van der Waals surface area contributed by atoms with Gasteiger partial charge in [0.1, 0.15) is 5.82 Å². The van der Waals surface area contributed by atoms with E-state index in [0.717, 1.165) is 0 Å². The molecular weight excluding hydrogens is 221 g/mol. The van der Waals surface area contributed by atoms with Gasteiger partial charge >= 0.3 is 0 Å². The predicted molar refractivity (Wildman–Crippen MR) is 62.6 cm³/mol. The molecule has 0 radical (unpaired) electrons. The zero-order chi connectivity index (χ0) is 12.3. The van der Waals surface area contributed by atoms with Crippen LogP contribution in [0.2, 0.25) is 0 Å². The molecule has 0 aliphatic carbocycles. The highest BCUT2D eigenvalue weighted by atomic mass is 19.1. The number of β-amino-alcohol motifs (C(OH)–C–C–N with tert-alkyl or cyclic N) is 1. The van der Waals surface area contributed by atoms with Gasteiger partial charge in [0.15, 0.2) is 0 Å². The summed E-state index contributed by atoms with van der Waals surface area (Å²) in [4.78, 5) is 13.2. The molecule has 1 atom stereocenters. The van der Waals surface area contributed by atoms with Crippen molar-refractivity contribution in [3.63, 3.8) is 0 Å². The summed E-state index contributed by atoms with van der Waals surface area (Å²) < 4.78 is 13.3. The summed E-state index contributed by atoms with van der Waals surface area (Å²) in [6.45, 7) is 0.919. The van der Waals surface area contributed by atoms with Crippen LogP contribution >= 0.6 is 0 Å². The molecule has 1 heterocycles. The normalized spacial score (nSPS) is 20.1. The molecule has 2 rings (SSSR count). The highest BCUT2D eigenvalue weighted by Crippen LogP contribution is 2.11. The number of carbonyl (C=O) groups is 1. The van der Waals surface area contributed by atoms with Gasteiger partial charge in [-0.2, -0.15) is 0 Å². The van der Waals surface area contributed by atoms with Crippen LogP contribution in [0.5, 0.6) is 0 Å². The Labute approximate surface area is 99.2 Å². The van der Waals surface area contributed by atoms with Gasteiger partial charge < -0.3 is 10.0 Å². The van der Waals surface area contributed by atoms with Gasteiger partial charge in [0, 0.05) is 24.7 Å². The molecule has 0 aromatic heterocycles. The maximum absolute atomic E-state index is 13.3. The molecule has 17 heavy (non-hydrogen) atoms. The summed E-state index contributed by atoms with van der Waals surface area (Å²) in [5.74, 6) is -0.539. The number of rotatable bonds is 2. The van der Waals surface area contributed by atoms with E-state index in [1.54, 1.807) is 23.1 Å². The van der Waals surface area contributed by atoms with Crippen molar-refractivity contribution in [2.75, 3.05) is 13.1 Å². The summed E-state index contributed by atoms with van der Waals surface area (Å²) in [5, 5.41) is 9.30. The lowest BCUT2D eigenvalue weighted by molar-refractivity contribution is -0.125. The fourth-order valence-corrected chi connectivity index (χ4v) is 1.82. The van der Waals surface area contributed by atoms with E-state index in [1.807, 2.05) is 0 Å². The van der Waals surface area contributed by atoms with E-state index in [0.29, 0.717) is 25.1 Å². The summed E-state index contributed by atoms with van der Waals surface area (Å²) in [6, 6.07) is 6.28. The number of aliphatic hydroxyl groups excluding tert-OH is 1. The molecule has 3 nitrogen and oxygen atoms in total. The first-order valence-electron chi connectivity index (χ1n) is 5.56. The Morgan fingerprint density at radius 3 is 2.88 bits per heavy atom. The molecule has 1 saturated heterocycles. The molecule has 0 bridgehead atoms. The Morgan fingerprint density at radius 1 is 1.47 bits per heavy atom. The maximum Gasteiger partial charge on any atom is 0.246 e. The quantitative estimate of drug-likeness (QED) is 0.788. The van der Waals surface area contributed by atoms with E-state index in [9.17, 15) is 14.3 Å². The van der Waals surface area contributed by atoms with Crippen molar-refractivity contribution >= 4 is 12.0 Å². The first-order valence-corrected chi connectivity index (χ1v) is 5.56. The number of likely N-dealkylation sites (tertiary alicyclic amines) is 1. The first kappa shape index (κ1) is 11.8. The Morgan fingerprint density at radius 2 is 2.24 bits per heavy atom. The second-order valence-electron chi connectivity index (χ2n) is 4.08. The van der Waals surface area contributed by atoms with Crippen molar-refractivity contribution in [2.45, 2.75) is 12.5 Å². The van der Waals surface area contributed by atoms with E-state index >= 15 is 0 Å². The number of halogens is 1. The second kappa shape index (κ2) is 5.10. The largest absolute Gasteiger partial charge is 0.391 e. The van der Waals surface area contributed by atoms with Crippen molar-refractivity contribution < 1.29 is 14.3 Å².